The van der Waals surface area contributed by atoms with Crippen molar-refractivity contribution in [3.63, 3.8) is 0 Å². The Morgan fingerprint density at radius 2 is 1.86 bits per heavy atom. The van der Waals surface area contributed by atoms with E-state index in [1.54, 1.807) is 12.0 Å². The number of nitrogens with zero attached hydrogens (tertiary/aromatic N) is 5. The lowest BCUT2D eigenvalue weighted by Crippen LogP contribution is -2.42. The maximum atomic E-state index is 12.4. The number of carbonyl (C=O) groups excluding carboxylic acids is 1. The summed E-state index contributed by atoms with van der Waals surface area (Å²) in [4.78, 5) is 23.5. The van der Waals surface area contributed by atoms with Crippen molar-refractivity contribution in [2.75, 3.05) is 20.2 Å². The van der Waals surface area contributed by atoms with Crippen LogP contribution in [0.3, 0.4) is 0 Å². The molecule has 35 heavy (non-hydrogen) atoms. The van der Waals surface area contributed by atoms with Gasteiger partial charge in [-0.25, -0.2) is 14.8 Å². The SMILES string of the molecule is COc1c(-c2ccc3nn(C4CCN(C(=O)OC(C)(C)C)CC4)cc3n2)cc2oc(C)nc2c1C. The fourth-order valence-electron chi connectivity index (χ4n) is 4.67. The number of methoxy groups -OCH3 is 1. The molecule has 1 fully saturated rings. The Kier molecular flexibility index (Phi) is 5.65. The fourth-order valence-corrected chi connectivity index (χ4v) is 4.67. The van der Waals surface area contributed by atoms with E-state index in [9.17, 15) is 4.79 Å². The number of hydrogen-bond acceptors (Lipinski definition) is 7. The molecule has 5 rings (SSSR count). The van der Waals surface area contributed by atoms with E-state index in [-0.39, 0.29) is 12.1 Å². The smallest absolute Gasteiger partial charge is 0.410 e. The number of rotatable bonds is 3. The first-order valence-electron chi connectivity index (χ1n) is 11.9. The molecule has 9 nitrogen and oxygen atoms in total. The number of ether oxygens (including phenoxy) is 2. The van der Waals surface area contributed by atoms with Crippen molar-refractivity contribution in [3.05, 3.63) is 35.9 Å². The average molecular weight is 478 g/mol. The van der Waals surface area contributed by atoms with Crippen LogP contribution < -0.4 is 4.74 Å². The molecule has 1 aliphatic heterocycles. The number of fused-ring (bicyclic) bond motifs is 2. The van der Waals surface area contributed by atoms with Crippen LogP contribution in [0.5, 0.6) is 5.75 Å². The van der Waals surface area contributed by atoms with E-state index in [0.717, 1.165) is 52.0 Å². The van der Waals surface area contributed by atoms with Crippen molar-refractivity contribution in [1.29, 1.82) is 0 Å². The van der Waals surface area contributed by atoms with E-state index >= 15 is 0 Å². The molecule has 0 saturated carbocycles. The van der Waals surface area contributed by atoms with E-state index in [0.29, 0.717) is 24.6 Å². The Labute approximate surface area is 204 Å². The van der Waals surface area contributed by atoms with Gasteiger partial charge in [-0.15, -0.1) is 0 Å². The summed E-state index contributed by atoms with van der Waals surface area (Å²) in [5, 5.41) is 4.77. The summed E-state index contributed by atoms with van der Waals surface area (Å²) < 4.78 is 19.0. The Morgan fingerprint density at radius 3 is 2.54 bits per heavy atom. The summed E-state index contributed by atoms with van der Waals surface area (Å²) in [5.74, 6) is 1.35. The molecular formula is C26H31N5O4. The van der Waals surface area contributed by atoms with Gasteiger partial charge in [0.25, 0.3) is 0 Å². The van der Waals surface area contributed by atoms with Crippen LogP contribution in [0.15, 0.2) is 28.8 Å². The molecule has 1 aromatic carbocycles. The van der Waals surface area contributed by atoms with Crippen LogP contribution in [-0.2, 0) is 4.74 Å². The molecule has 0 aliphatic carbocycles. The fraction of sp³-hybridized carbons (Fsp3) is 0.462. The third-order valence-electron chi connectivity index (χ3n) is 6.33. The monoisotopic (exact) mass is 477 g/mol. The molecular weight excluding hydrogens is 446 g/mol. The molecule has 9 heteroatoms. The van der Waals surface area contributed by atoms with Crippen molar-refractivity contribution in [1.82, 2.24) is 24.6 Å². The number of amides is 1. The molecule has 1 aliphatic rings. The van der Waals surface area contributed by atoms with Gasteiger partial charge in [0.05, 0.1) is 25.0 Å². The van der Waals surface area contributed by atoms with Crippen LogP contribution in [0.25, 0.3) is 33.4 Å². The number of likely N-dealkylation sites (tertiary alicyclic amines) is 1. The van der Waals surface area contributed by atoms with Crippen molar-refractivity contribution >= 4 is 28.2 Å². The largest absolute Gasteiger partial charge is 0.496 e. The Bertz CT molecular complexity index is 1410. The highest BCUT2D eigenvalue weighted by Gasteiger charge is 2.28. The second kappa shape index (κ2) is 8.55. The number of hydrogen-bond donors (Lipinski definition) is 0. The van der Waals surface area contributed by atoms with E-state index in [4.69, 9.17) is 24.0 Å². The van der Waals surface area contributed by atoms with Crippen LogP contribution >= 0.6 is 0 Å². The number of aromatic nitrogens is 4. The standard InChI is InChI=1S/C26H31N5O4/c1-15-23-22(34-16(2)27-23)13-18(24(15)33-6)19-7-8-20-21(28-19)14-31(29-20)17-9-11-30(12-10-17)25(32)35-26(3,4)5/h7-8,13-14,17H,9-12H2,1-6H3. The zero-order chi connectivity index (χ0) is 24.9. The number of aryl methyl sites for hydroxylation is 2. The minimum Gasteiger partial charge on any atom is -0.496 e. The number of benzene rings is 1. The minimum atomic E-state index is -0.491. The van der Waals surface area contributed by atoms with Gasteiger partial charge in [0, 0.05) is 31.1 Å². The molecule has 0 radical (unpaired) electrons. The minimum absolute atomic E-state index is 0.205. The molecule has 4 heterocycles. The number of pyridine rings is 1. The maximum Gasteiger partial charge on any atom is 0.410 e. The van der Waals surface area contributed by atoms with Gasteiger partial charge >= 0.3 is 6.09 Å². The van der Waals surface area contributed by atoms with Gasteiger partial charge in [0.15, 0.2) is 11.5 Å². The van der Waals surface area contributed by atoms with Crippen molar-refractivity contribution in [2.45, 2.75) is 59.1 Å². The lowest BCUT2D eigenvalue weighted by atomic mass is 10.0. The summed E-state index contributed by atoms with van der Waals surface area (Å²) in [6.45, 7) is 10.7. The summed E-state index contributed by atoms with van der Waals surface area (Å²) >= 11 is 0. The van der Waals surface area contributed by atoms with Crippen LogP contribution in [0, 0.1) is 13.8 Å². The van der Waals surface area contributed by atoms with E-state index in [2.05, 4.69) is 4.98 Å². The van der Waals surface area contributed by atoms with E-state index < -0.39 is 5.60 Å². The van der Waals surface area contributed by atoms with Crippen molar-refractivity contribution < 1.29 is 18.7 Å². The molecule has 3 aromatic heterocycles. The van der Waals surface area contributed by atoms with E-state index in [1.165, 1.54) is 0 Å². The lowest BCUT2D eigenvalue weighted by Gasteiger charge is -2.33. The summed E-state index contributed by atoms with van der Waals surface area (Å²) in [7, 11) is 1.66. The molecule has 0 spiro atoms. The van der Waals surface area contributed by atoms with Crippen LogP contribution in [0.2, 0.25) is 0 Å². The number of carbonyl (C=O) groups is 1. The summed E-state index contributed by atoms with van der Waals surface area (Å²) in [6.07, 6.45) is 3.36. The van der Waals surface area contributed by atoms with Gasteiger partial charge in [0.2, 0.25) is 0 Å². The normalized spacial score (nSPS) is 15.2. The first kappa shape index (κ1) is 23.1. The van der Waals surface area contributed by atoms with Gasteiger partial charge < -0.3 is 18.8 Å². The maximum absolute atomic E-state index is 12.4. The van der Waals surface area contributed by atoms with Crippen LogP contribution in [0.4, 0.5) is 4.79 Å². The molecule has 0 N–H and O–H groups in total. The van der Waals surface area contributed by atoms with Crippen LogP contribution in [0.1, 0.15) is 51.1 Å². The van der Waals surface area contributed by atoms with Gasteiger partial charge in [-0.05, 0) is 58.7 Å². The predicted molar refractivity (Wildman–Crippen MR) is 133 cm³/mol. The number of oxazole rings is 1. The number of piperidine rings is 1. The molecule has 0 unspecified atom stereocenters. The first-order chi connectivity index (χ1) is 16.6. The second-order valence-electron chi connectivity index (χ2n) is 10.1. The van der Waals surface area contributed by atoms with E-state index in [1.807, 2.05) is 63.7 Å². The molecule has 184 valence electrons. The van der Waals surface area contributed by atoms with Crippen LogP contribution in [-0.4, -0.2) is 56.5 Å². The van der Waals surface area contributed by atoms with Gasteiger partial charge in [-0.2, -0.15) is 5.10 Å². The predicted octanol–water partition coefficient (Wildman–Crippen LogP) is 5.44. The van der Waals surface area contributed by atoms with Gasteiger partial charge in [-0.3, -0.25) is 4.68 Å². The molecule has 1 saturated heterocycles. The Hall–Kier alpha value is -3.62. The molecule has 0 atom stereocenters. The van der Waals surface area contributed by atoms with Crippen molar-refractivity contribution in [3.8, 4) is 17.0 Å². The average Bonchev–Trinajstić information content (AvgIpc) is 3.40. The first-order valence-corrected chi connectivity index (χ1v) is 11.9. The molecule has 1 amide bonds. The highest BCUT2D eigenvalue weighted by Crippen LogP contribution is 2.38. The highest BCUT2D eigenvalue weighted by molar-refractivity contribution is 5.89. The lowest BCUT2D eigenvalue weighted by molar-refractivity contribution is 0.0185. The Morgan fingerprint density at radius 1 is 1.11 bits per heavy atom. The van der Waals surface area contributed by atoms with Gasteiger partial charge in [0.1, 0.15) is 27.9 Å². The summed E-state index contributed by atoms with van der Waals surface area (Å²) in [5.41, 5.74) is 5.23. The third kappa shape index (κ3) is 4.42. The topological polar surface area (TPSA) is 95.5 Å². The Balaban J connectivity index is 1.40. The zero-order valence-electron chi connectivity index (χ0n) is 21.1. The zero-order valence-corrected chi connectivity index (χ0v) is 21.1. The van der Waals surface area contributed by atoms with Gasteiger partial charge in [-0.1, -0.05) is 0 Å². The quantitative estimate of drug-likeness (QED) is 0.388. The van der Waals surface area contributed by atoms with Crippen molar-refractivity contribution in [2.24, 2.45) is 0 Å². The summed E-state index contributed by atoms with van der Waals surface area (Å²) in [6, 6.07) is 6.08. The molecule has 0 bridgehead atoms. The highest BCUT2D eigenvalue weighted by atomic mass is 16.6. The third-order valence-corrected chi connectivity index (χ3v) is 6.33. The molecule has 4 aromatic rings. The second-order valence-corrected chi connectivity index (χ2v) is 10.1.